The predicted molar refractivity (Wildman–Crippen MR) is 42.5 cm³/mol. The molecule has 0 N–H and O–H groups in total. The van der Waals surface area contributed by atoms with Crippen molar-refractivity contribution >= 4 is 0 Å². The third kappa shape index (κ3) is 3.89. The summed E-state index contributed by atoms with van der Waals surface area (Å²) in [5.41, 5.74) is 0. The minimum Gasteiger partial charge on any atom is -0.375 e. The Morgan fingerprint density at radius 1 is 1.50 bits per heavy atom. The highest BCUT2D eigenvalue weighted by atomic mass is 16.5. The molecule has 0 aromatic heterocycles. The second-order valence-corrected chi connectivity index (χ2v) is 3.09. The van der Waals surface area contributed by atoms with Crippen LogP contribution in [0, 0.1) is 12.5 Å². The maximum Gasteiger partial charge on any atom is 0.0836 e. The summed E-state index contributed by atoms with van der Waals surface area (Å²) in [4.78, 5) is 0. The molecule has 0 heterocycles. The SMILES string of the molecule is CCCC[CH]OCC1CC1. The van der Waals surface area contributed by atoms with E-state index in [1.165, 1.54) is 25.7 Å². The van der Waals surface area contributed by atoms with Gasteiger partial charge in [-0.25, -0.2) is 0 Å². The van der Waals surface area contributed by atoms with Crippen LogP contribution in [0.1, 0.15) is 39.0 Å². The van der Waals surface area contributed by atoms with Crippen LogP contribution in [0.5, 0.6) is 0 Å². The molecule has 1 nitrogen and oxygen atoms in total. The third-order valence-corrected chi connectivity index (χ3v) is 1.82. The smallest absolute Gasteiger partial charge is 0.0836 e. The lowest BCUT2D eigenvalue weighted by atomic mass is 10.3. The van der Waals surface area contributed by atoms with Crippen molar-refractivity contribution in [1.82, 2.24) is 0 Å². The summed E-state index contributed by atoms with van der Waals surface area (Å²) in [5.74, 6) is 0.901. The van der Waals surface area contributed by atoms with Gasteiger partial charge in [-0.15, -0.1) is 0 Å². The van der Waals surface area contributed by atoms with Crippen LogP contribution in [-0.2, 0) is 4.74 Å². The van der Waals surface area contributed by atoms with E-state index >= 15 is 0 Å². The Balaban J connectivity index is 1.68. The summed E-state index contributed by atoms with van der Waals surface area (Å²) in [5, 5.41) is 0. The van der Waals surface area contributed by atoms with E-state index in [4.69, 9.17) is 4.74 Å². The maximum absolute atomic E-state index is 5.33. The van der Waals surface area contributed by atoms with Gasteiger partial charge in [0.05, 0.1) is 6.61 Å². The summed E-state index contributed by atoms with van der Waals surface area (Å²) < 4.78 is 5.33. The number of ether oxygens (including phenoxy) is 1. The first-order valence-corrected chi connectivity index (χ1v) is 4.36. The van der Waals surface area contributed by atoms with Crippen molar-refractivity contribution in [2.24, 2.45) is 5.92 Å². The fraction of sp³-hybridized carbons (Fsp3) is 0.889. The second kappa shape index (κ2) is 4.73. The molecule has 0 aromatic carbocycles. The molecule has 0 aromatic rings. The summed E-state index contributed by atoms with van der Waals surface area (Å²) in [6.07, 6.45) is 6.44. The highest BCUT2D eigenvalue weighted by Crippen LogP contribution is 2.29. The first-order chi connectivity index (χ1) is 4.93. The van der Waals surface area contributed by atoms with Gasteiger partial charge < -0.3 is 4.74 Å². The lowest BCUT2D eigenvalue weighted by molar-refractivity contribution is 0.178. The summed E-state index contributed by atoms with van der Waals surface area (Å²) in [6.45, 7) is 5.15. The topological polar surface area (TPSA) is 9.23 Å². The Bertz CT molecular complexity index is 76.8. The highest BCUT2D eigenvalue weighted by Gasteiger charge is 2.20. The van der Waals surface area contributed by atoms with Crippen molar-refractivity contribution in [2.75, 3.05) is 6.61 Å². The van der Waals surface area contributed by atoms with Gasteiger partial charge in [-0.3, -0.25) is 0 Å². The Kier molecular flexibility index (Phi) is 3.81. The van der Waals surface area contributed by atoms with E-state index in [0.717, 1.165) is 18.9 Å². The Morgan fingerprint density at radius 2 is 2.30 bits per heavy atom. The highest BCUT2D eigenvalue weighted by molar-refractivity contribution is 4.72. The van der Waals surface area contributed by atoms with Crippen molar-refractivity contribution in [3.8, 4) is 0 Å². The summed E-state index contributed by atoms with van der Waals surface area (Å²) in [7, 11) is 0. The first kappa shape index (κ1) is 8.06. The van der Waals surface area contributed by atoms with Crippen LogP contribution < -0.4 is 0 Å². The van der Waals surface area contributed by atoms with E-state index in [2.05, 4.69) is 6.92 Å². The Labute approximate surface area is 63.8 Å². The molecular formula is C9H17O. The van der Waals surface area contributed by atoms with Crippen LogP contribution in [0.15, 0.2) is 0 Å². The number of hydrogen-bond donors (Lipinski definition) is 0. The van der Waals surface area contributed by atoms with E-state index in [1.807, 2.05) is 6.61 Å². The number of hydrogen-bond acceptors (Lipinski definition) is 1. The van der Waals surface area contributed by atoms with Gasteiger partial charge in [0, 0.05) is 6.61 Å². The molecule has 1 aliphatic carbocycles. The Morgan fingerprint density at radius 3 is 2.90 bits per heavy atom. The zero-order valence-electron chi connectivity index (χ0n) is 6.81. The summed E-state index contributed by atoms with van der Waals surface area (Å²) >= 11 is 0. The predicted octanol–water partition coefficient (Wildman–Crippen LogP) is 2.76. The van der Waals surface area contributed by atoms with Gasteiger partial charge in [-0.2, -0.15) is 0 Å². The van der Waals surface area contributed by atoms with Crippen molar-refractivity contribution in [1.29, 1.82) is 0 Å². The van der Waals surface area contributed by atoms with E-state index < -0.39 is 0 Å². The third-order valence-electron chi connectivity index (χ3n) is 1.82. The van der Waals surface area contributed by atoms with Gasteiger partial charge in [0.15, 0.2) is 0 Å². The lowest BCUT2D eigenvalue weighted by Gasteiger charge is -1.99. The molecule has 0 atom stereocenters. The molecule has 1 saturated carbocycles. The van der Waals surface area contributed by atoms with Gasteiger partial charge in [0.2, 0.25) is 0 Å². The maximum atomic E-state index is 5.33. The Hall–Kier alpha value is -0.0400. The normalized spacial score (nSPS) is 17.7. The van der Waals surface area contributed by atoms with Crippen LogP contribution in [0.4, 0.5) is 0 Å². The standard InChI is InChI=1S/C9H17O/c1-2-3-4-7-10-8-9-5-6-9/h7,9H,2-6,8H2,1H3. The lowest BCUT2D eigenvalue weighted by Crippen LogP contribution is -1.92. The molecular weight excluding hydrogens is 124 g/mol. The summed E-state index contributed by atoms with van der Waals surface area (Å²) in [6, 6.07) is 0. The molecule has 0 amide bonds. The molecule has 0 unspecified atom stereocenters. The van der Waals surface area contributed by atoms with Gasteiger partial charge in [-0.05, 0) is 25.2 Å². The molecule has 0 saturated heterocycles. The van der Waals surface area contributed by atoms with Crippen LogP contribution in [-0.4, -0.2) is 6.61 Å². The molecule has 1 aliphatic rings. The van der Waals surface area contributed by atoms with Crippen molar-refractivity contribution < 1.29 is 4.74 Å². The molecule has 1 heteroatoms. The van der Waals surface area contributed by atoms with Crippen LogP contribution in [0.2, 0.25) is 0 Å². The van der Waals surface area contributed by atoms with Crippen molar-refractivity contribution in [3.63, 3.8) is 0 Å². The molecule has 59 valence electrons. The van der Waals surface area contributed by atoms with Gasteiger partial charge >= 0.3 is 0 Å². The number of unbranched alkanes of at least 4 members (excludes halogenated alkanes) is 2. The van der Waals surface area contributed by atoms with Crippen LogP contribution in [0.25, 0.3) is 0 Å². The molecule has 1 fully saturated rings. The molecule has 1 radical (unpaired) electrons. The second-order valence-electron chi connectivity index (χ2n) is 3.09. The van der Waals surface area contributed by atoms with Gasteiger partial charge in [0.25, 0.3) is 0 Å². The first-order valence-electron chi connectivity index (χ1n) is 4.36. The molecule has 1 rings (SSSR count). The van der Waals surface area contributed by atoms with Crippen LogP contribution in [0.3, 0.4) is 0 Å². The monoisotopic (exact) mass is 141 g/mol. The average Bonchev–Trinajstić information content (AvgIpc) is 2.71. The van der Waals surface area contributed by atoms with Gasteiger partial charge in [-0.1, -0.05) is 19.8 Å². The molecule has 0 aliphatic heterocycles. The molecule has 0 spiro atoms. The number of rotatable bonds is 6. The largest absolute Gasteiger partial charge is 0.375 e. The fourth-order valence-electron chi connectivity index (χ4n) is 0.859. The van der Waals surface area contributed by atoms with E-state index in [9.17, 15) is 0 Å². The minimum absolute atomic E-state index is 0.901. The van der Waals surface area contributed by atoms with E-state index in [0.29, 0.717) is 0 Å². The zero-order chi connectivity index (χ0) is 7.23. The van der Waals surface area contributed by atoms with E-state index in [-0.39, 0.29) is 0 Å². The van der Waals surface area contributed by atoms with E-state index in [1.54, 1.807) is 0 Å². The minimum atomic E-state index is 0.901. The molecule has 0 bridgehead atoms. The van der Waals surface area contributed by atoms with Gasteiger partial charge in [0.1, 0.15) is 0 Å². The fourth-order valence-corrected chi connectivity index (χ4v) is 0.859. The van der Waals surface area contributed by atoms with Crippen LogP contribution >= 0.6 is 0 Å². The van der Waals surface area contributed by atoms with Crippen molar-refractivity contribution in [2.45, 2.75) is 39.0 Å². The quantitative estimate of drug-likeness (QED) is 0.517. The zero-order valence-corrected chi connectivity index (χ0v) is 6.81. The average molecular weight is 141 g/mol. The molecule has 10 heavy (non-hydrogen) atoms. The van der Waals surface area contributed by atoms with Crippen molar-refractivity contribution in [3.05, 3.63) is 6.61 Å².